The molecule has 3 rings (SSSR count). The first-order valence-corrected chi connectivity index (χ1v) is 8.93. The lowest BCUT2D eigenvalue weighted by Crippen LogP contribution is -2.38. The Morgan fingerprint density at radius 2 is 1.67 bits per heavy atom. The number of anilines is 2. The fraction of sp³-hybridized carbons (Fsp3) is 0.316. The summed E-state index contributed by atoms with van der Waals surface area (Å²) < 4.78 is 0. The van der Waals surface area contributed by atoms with Crippen LogP contribution in [0.1, 0.15) is 13.3 Å². The highest BCUT2D eigenvalue weighted by molar-refractivity contribution is 7.99. The van der Waals surface area contributed by atoms with Crippen LogP contribution in [0.15, 0.2) is 58.3 Å². The second kappa shape index (κ2) is 7.28. The number of benzene rings is 2. The van der Waals surface area contributed by atoms with Crippen LogP contribution in [0, 0.1) is 0 Å². The maximum Gasteiger partial charge on any atom is 0.224 e. The van der Waals surface area contributed by atoms with E-state index in [1.54, 1.807) is 23.7 Å². The van der Waals surface area contributed by atoms with Crippen LogP contribution < -0.4 is 4.90 Å². The molecule has 0 saturated carbocycles. The standard InChI is InChI=1S/C19H22N2O2S/c1-14(13-22)20(2)19(23)11-12-21-15-7-3-5-9-17(15)24-18-10-6-4-8-16(18)21/h3-10,14,22H,11-13H2,1-2H3/t14-/m0/s1. The van der Waals surface area contributed by atoms with Gasteiger partial charge in [-0.2, -0.15) is 0 Å². The van der Waals surface area contributed by atoms with Gasteiger partial charge in [0.2, 0.25) is 5.91 Å². The van der Waals surface area contributed by atoms with Crippen molar-refractivity contribution in [2.24, 2.45) is 0 Å². The summed E-state index contributed by atoms with van der Waals surface area (Å²) in [5, 5.41) is 9.22. The van der Waals surface area contributed by atoms with Crippen LogP contribution in [-0.4, -0.2) is 42.2 Å². The third kappa shape index (κ3) is 3.28. The lowest BCUT2D eigenvalue weighted by molar-refractivity contribution is -0.132. The smallest absolute Gasteiger partial charge is 0.224 e. The zero-order valence-corrected chi connectivity index (χ0v) is 14.8. The fourth-order valence-electron chi connectivity index (χ4n) is 2.77. The van der Waals surface area contributed by atoms with E-state index in [0.717, 1.165) is 11.4 Å². The molecule has 24 heavy (non-hydrogen) atoms. The molecule has 1 atom stereocenters. The first-order chi connectivity index (χ1) is 11.6. The van der Waals surface area contributed by atoms with E-state index >= 15 is 0 Å². The first-order valence-electron chi connectivity index (χ1n) is 8.11. The van der Waals surface area contributed by atoms with E-state index in [1.807, 2.05) is 31.2 Å². The highest BCUT2D eigenvalue weighted by atomic mass is 32.2. The van der Waals surface area contributed by atoms with Gasteiger partial charge in [0.25, 0.3) is 0 Å². The Hall–Kier alpha value is -1.98. The monoisotopic (exact) mass is 342 g/mol. The molecule has 2 aromatic carbocycles. The van der Waals surface area contributed by atoms with Gasteiger partial charge in [0, 0.05) is 29.8 Å². The van der Waals surface area contributed by atoms with E-state index in [1.165, 1.54) is 9.79 Å². The van der Waals surface area contributed by atoms with Crippen molar-refractivity contribution in [3.05, 3.63) is 48.5 Å². The zero-order valence-electron chi connectivity index (χ0n) is 14.0. The molecule has 1 heterocycles. The van der Waals surface area contributed by atoms with Crippen molar-refractivity contribution in [3.8, 4) is 0 Å². The number of rotatable bonds is 5. The number of hydrogen-bond donors (Lipinski definition) is 1. The molecule has 126 valence electrons. The van der Waals surface area contributed by atoms with Gasteiger partial charge in [-0.25, -0.2) is 0 Å². The van der Waals surface area contributed by atoms with Crippen molar-refractivity contribution in [2.75, 3.05) is 25.1 Å². The van der Waals surface area contributed by atoms with Crippen LogP contribution >= 0.6 is 11.8 Å². The maximum atomic E-state index is 12.4. The van der Waals surface area contributed by atoms with E-state index in [0.29, 0.717) is 13.0 Å². The van der Waals surface area contributed by atoms with Crippen LogP contribution in [0.2, 0.25) is 0 Å². The number of para-hydroxylation sites is 2. The van der Waals surface area contributed by atoms with Crippen molar-refractivity contribution >= 4 is 29.0 Å². The van der Waals surface area contributed by atoms with E-state index < -0.39 is 0 Å². The molecule has 0 aliphatic carbocycles. The van der Waals surface area contributed by atoms with Gasteiger partial charge in [-0.05, 0) is 31.2 Å². The van der Waals surface area contributed by atoms with Crippen LogP contribution in [-0.2, 0) is 4.79 Å². The lowest BCUT2D eigenvalue weighted by atomic mass is 10.2. The average Bonchev–Trinajstić information content (AvgIpc) is 2.63. The van der Waals surface area contributed by atoms with Crippen LogP contribution in [0.5, 0.6) is 0 Å². The molecule has 0 aromatic heterocycles. The Kier molecular flexibility index (Phi) is 5.11. The van der Waals surface area contributed by atoms with Gasteiger partial charge in [0.1, 0.15) is 0 Å². The van der Waals surface area contributed by atoms with Crippen molar-refractivity contribution < 1.29 is 9.90 Å². The Morgan fingerprint density at radius 1 is 1.12 bits per heavy atom. The van der Waals surface area contributed by atoms with Crippen molar-refractivity contribution in [2.45, 2.75) is 29.2 Å². The number of aliphatic hydroxyl groups excluding tert-OH is 1. The summed E-state index contributed by atoms with van der Waals surface area (Å²) in [4.78, 5) is 18.7. The summed E-state index contributed by atoms with van der Waals surface area (Å²) in [6.45, 7) is 2.45. The van der Waals surface area contributed by atoms with Gasteiger partial charge in [-0.3, -0.25) is 4.79 Å². The molecule has 5 heteroatoms. The summed E-state index contributed by atoms with van der Waals surface area (Å²) in [6, 6.07) is 16.4. The van der Waals surface area contributed by atoms with Crippen molar-refractivity contribution in [1.82, 2.24) is 4.90 Å². The van der Waals surface area contributed by atoms with E-state index in [-0.39, 0.29) is 18.6 Å². The van der Waals surface area contributed by atoms with Crippen LogP contribution in [0.3, 0.4) is 0 Å². The van der Waals surface area contributed by atoms with Gasteiger partial charge in [-0.15, -0.1) is 0 Å². The molecule has 2 aromatic rings. The highest BCUT2D eigenvalue weighted by Crippen LogP contribution is 2.47. The quantitative estimate of drug-likeness (QED) is 0.903. The zero-order chi connectivity index (χ0) is 17.1. The minimum absolute atomic E-state index is 0.0196. The molecule has 0 saturated heterocycles. The topological polar surface area (TPSA) is 43.8 Å². The number of aliphatic hydroxyl groups is 1. The number of likely N-dealkylation sites (N-methyl/N-ethyl adjacent to an activating group) is 1. The largest absolute Gasteiger partial charge is 0.394 e. The van der Waals surface area contributed by atoms with Gasteiger partial charge >= 0.3 is 0 Å². The molecule has 0 unspecified atom stereocenters. The Morgan fingerprint density at radius 3 is 2.21 bits per heavy atom. The van der Waals surface area contributed by atoms with Gasteiger partial charge in [0.15, 0.2) is 0 Å². The number of carbonyl (C=O) groups is 1. The fourth-order valence-corrected chi connectivity index (χ4v) is 3.87. The molecule has 0 radical (unpaired) electrons. The number of nitrogens with zero attached hydrogens (tertiary/aromatic N) is 2. The summed E-state index contributed by atoms with van der Waals surface area (Å²) in [7, 11) is 1.75. The predicted molar refractivity (Wildman–Crippen MR) is 97.9 cm³/mol. The molecular weight excluding hydrogens is 320 g/mol. The Labute approximate surface area is 147 Å². The molecule has 1 aliphatic rings. The molecule has 1 amide bonds. The maximum absolute atomic E-state index is 12.4. The van der Waals surface area contributed by atoms with Crippen LogP contribution in [0.25, 0.3) is 0 Å². The number of fused-ring (bicyclic) bond motifs is 2. The summed E-state index contributed by atoms with van der Waals surface area (Å²) in [6.07, 6.45) is 0.411. The number of hydrogen-bond acceptors (Lipinski definition) is 4. The highest BCUT2D eigenvalue weighted by Gasteiger charge is 2.24. The van der Waals surface area contributed by atoms with E-state index in [4.69, 9.17) is 0 Å². The molecule has 0 fully saturated rings. The average molecular weight is 342 g/mol. The molecule has 0 spiro atoms. The second-order valence-corrected chi connectivity index (χ2v) is 7.06. The predicted octanol–water partition coefficient (Wildman–Crippen LogP) is 3.52. The Balaban J connectivity index is 1.82. The van der Waals surface area contributed by atoms with Gasteiger partial charge in [0.05, 0.1) is 24.0 Å². The SMILES string of the molecule is C[C@@H](CO)N(C)C(=O)CCN1c2ccccc2Sc2ccccc21. The lowest BCUT2D eigenvalue weighted by Gasteiger charge is -2.33. The second-order valence-electron chi connectivity index (χ2n) is 5.98. The molecule has 4 nitrogen and oxygen atoms in total. The van der Waals surface area contributed by atoms with Gasteiger partial charge < -0.3 is 14.9 Å². The molecule has 1 aliphatic heterocycles. The Bertz CT molecular complexity index is 689. The molecule has 0 bridgehead atoms. The normalized spacial score (nSPS) is 13.9. The minimum Gasteiger partial charge on any atom is -0.394 e. The van der Waals surface area contributed by atoms with Crippen LogP contribution in [0.4, 0.5) is 11.4 Å². The number of amides is 1. The summed E-state index contributed by atoms with van der Waals surface area (Å²) >= 11 is 1.77. The van der Waals surface area contributed by atoms with E-state index in [2.05, 4.69) is 29.2 Å². The number of carbonyl (C=O) groups excluding carboxylic acids is 1. The minimum atomic E-state index is -0.158. The molecule has 1 N–H and O–H groups in total. The third-order valence-corrected chi connectivity index (χ3v) is 5.53. The first kappa shape index (κ1) is 16.9. The summed E-state index contributed by atoms with van der Waals surface area (Å²) in [5.41, 5.74) is 2.29. The molecular formula is C19H22N2O2S. The third-order valence-electron chi connectivity index (χ3n) is 4.40. The van der Waals surface area contributed by atoms with E-state index in [9.17, 15) is 9.90 Å². The van der Waals surface area contributed by atoms with Crippen molar-refractivity contribution in [1.29, 1.82) is 0 Å². The van der Waals surface area contributed by atoms with Crippen molar-refractivity contribution in [3.63, 3.8) is 0 Å². The van der Waals surface area contributed by atoms with Gasteiger partial charge in [-0.1, -0.05) is 36.0 Å². The summed E-state index contributed by atoms with van der Waals surface area (Å²) in [5.74, 6) is 0.0461.